The minimum Gasteiger partial charge on any atom is -0.497 e. The Balaban J connectivity index is 1.66. The van der Waals surface area contributed by atoms with Crippen molar-refractivity contribution in [2.24, 2.45) is 4.99 Å². The first-order valence-electron chi connectivity index (χ1n) is 13.3. The molecule has 0 unspecified atom stereocenters. The van der Waals surface area contributed by atoms with Crippen LogP contribution in [-0.4, -0.2) is 37.6 Å². The van der Waals surface area contributed by atoms with Crippen molar-refractivity contribution in [3.63, 3.8) is 0 Å². The summed E-state index contributed by atoms with van der Waals surface area (Å²) >= 11 is 7.24. The molecule has 4 aromatic rings. The molecule has 1 aliphatic rings. The molecule has 1 atom stereocenters. The molecule has 0 saturated heterocycles. The number of nitro groups is 1. The van der Waals surface area contributed by atoms with Gasteiger partial charge in [-0.05, 0) is 61.9 Å². The molecule has 45 heavy (non-hydrogen) atoms. The first-order chi connectivity index (χ1) is 21.4. The standard InChI is InChI=1S/C30H24ClN3O9S2/c1-4-42-29(36)26-17(2)32-30-33(27(26)18-9-12-21(41-3)13-10-18)28(35)24(44-30)16-19-15-20(31)11-14-23(19)43-45(39,40)25-8-6-5-7-22(25)34(37)38/h5-16,27H,4H2,1-3H3/b24-16-/t27-/m0/s1. The van der Waals surface area contributed by atoms with E-state index < -0.39 is 43.2 Å². The third-order valence-corrected chi connectivity index (χ3v) is 9.24. The van der Waals surface area contributed by atoms with Gasteiger partial charge in [0.15, 0.2) is 9.70 Å². The number of nitro benzene ring substituents is 1. The van der Waals surface area contributed by atoms with Gasteiger partial charge < -0.3 is 13.7 Å². The Morgan fingerprint density at radius 1 is 1.16 bits per heavy atom. The summed E-state index contributed by atoms with van der Waals surface area (Å²) in [6.45, 7) is 3.44. The molecule has 2 heterocycles. The average Bonchev–Trinajstić information content (AvgIpc) is 3.31. The number of hydrogen-bond donors (Lipinski definition) is 0. The summed E-state index contributed by atoms with van der Waals surface area (Å²) in [5.74, 6) is -0.271. The number of carbonyl (C=O) groups is 1. The van der Waals surface area contributed by atoms with Crippen LogP contribution in [-0.2, 0) is 19.6 Å². The van der Waals surface area contributed by atoms with Crippen molar-refractivity contribution in [1.29, 1.82) is 0 Å². The normalized spacial score (nSPS) is 14.8. The van der Waals surface area contributed by atoms with Crippen LogP contribution in [0, 0.1) is 10.1 Å². The van der Waals surface area contributed by atoms with Crippen molar-refractivity contribution in [2.75, 3.05) is 13.7 Å². The predicted molar refractivity (Wildman–Crippen MR) is 166 cm³/mol. The van der Waals surface area contributed by atoms with Gasteiger partial charge in [0.05, 0.1) is 40.5 Å². The van der Waals surface area contributed by atoms with Crippen molar-refractivity contribution >= 4 is 50.8 Å². The molecular weight excluding hydrogens is 646 g/mol. The third kappa shape index (κ3) is 6.25. The Morgan fingerprint density at radius 3 is 2.53 bits per heavy atom. The van der Waals surface area contributed by atoms with Gasteiger partial charge in [-0.1, -0.05) is 47.2 Å². The van der Waals surface area contributed by atoms with Crippen LogP contribution in [0.3, 0.4) is 0 Å². The Kier molecular flexibility index (Phi) is 8.91. The van der Waals surface area contributed by atoms with Crippen LogP contribution in [0.2, 0.25) is 5.02 Å². The van der Waals surface area contributed by atoms with Crippen molar-refractivity contribution in [3.8, 4) is 11.5 Å². The number of carbonyl (C=O) groups excluding carboxylic acids is 1. The summed E-state index contributed by atoms with van der Waals surface area (Å²) in [4.78, 5) is 41.9. The zero-order valence-corrected chi connectivity index (χ0v) is 26.3. The van der Waals surface area contributed by atoms with Crippen LogP contribution >= 0.6 is 22.9 Å². The molecule has 232 valence electrons. The minimum atomic E-state index is -4.68. The van der Waals surface area contributed by atoms with Crippen LogP contribution in [0.15, 0.2) is 92.7 Å². The summed E-state index contributed by atoms with van der Waals surface area (Å²) in [7, 11) is -3.16. The van der Waals surface area contributed by atoms with E-state index in [0.717, 1.165) is 23.5 Å². The highest BCUT2D eigenvalue weighted by Gasteiger charge is 2.33. The lowest BCUT2D eigenvalue weighted by molar-refractivity contribution is -0.387. The molecule has 0 saturated carbocycles. The number of ether oxygens (including phenoxy) is 2. The number of benzene rings is 3. The summed E-state index contributed by atoms with van der Waals surface area (Å²) in [5.41, 5.74) is 0.0713. The molecule has 0 amide bonds. The zero-order chi connectivity index (χ0) is 32.5. The SMILES string of the molecule is CCOC(=O)C1=C(C)N=c2s/c(=C\c3cc(Cl)ccc3OS(=O)(=O)c3ccccc3[N+](=O)[O-])c(=O)n2[C@H]1c1ccc(OC)cc1. The molecule has 0 radical (unpaired) electrons. The van der Waals surface area contributed by atoms with Crippen molar-refractivity contribution < 1.29 is 31.8 Å². The van der Waals surface area contributed by atoms with E-state index in [1.807, 2.05) is 0 Å². The van der Waals surface area contributed by atoms with Crippen LogP contribution in [0.5, 0.6) is 11.5 Å². The molecule has 0 spiro atoms. The van der Waals surface area contributed by atoms with Crippen LogP contribution in [0.1, 0.15) is 31.0 Å². The smallest absolute Gasteiger partial charge is 0.346 e. The van der Waals surface area contributed by atoms with E-state index in [1.165, 1.54) is 48.1 Å². The van der Waals surface area contributed by atoms with E-state index in [1.54, 1.807) is 38.1 Å². The second-order valence-electron chi connectivity index (χ2n) is 9.52. The van der Waals surface area contributed by atoms with Gasteiger partial charge in [0.2, 0.25) is 0 Å². The van der Waals surface area contributed by atoms with Gasteiger partial charge in [-0.25, -0.2) is 9.79 Å². The Labute approximate surface area is 265 Å². The topological polar surface area (TPSA) is 156 Å². The number of methoxy groups -OCH3 is 1. The lowest BCUT2D eigenvalue weighted by Crippen LogP contribution is -2.39. The number of rotatable bonds is 9. The van der Waals surface area contributed by atoms with Gasteiger partial charge >= 0.3 is 16.1 Å². The molecule has 1 aliphatic heterocycles. The number of para-hydroxylation sites is 1. The Hall–Kier alpha value is -4.79. The number of esters is 1. The second-order valence-corrected chi connectivity index (χ2v) is 12.5. The highest BCUT2D eigenvalue weighted by molar-refractivity contribution is 7.87. The lowest BCUT2D eigenvalue weighted by Gasteiger charge is -2.24. The van der Waals surface area contributed by atoms with E-state index in [-0.39, 0.29) is 37.8 Å². The van der Waals surface area contributed by atoms with Gasteiger partial charge in [-0.2, -0.15) is 8.42 Å². The highest BCUT2D eigenvalue weighted by atomic mass is 35.5. The summed E-state index contributed by atoms with van der Waals surface area (Å²) in [5, 5.41) is 11.7. The Bertz CT molecular complexity index is 2160. The van der Waals surface area contributed by atoms with Gasteiger partial charge in [-0.15, -0.1) is 0 Å². The van der Waals surface area contributed by atoms with Gasteiger partial charge in [0.25, 0.3) is 11.2 Å². The van der Waals surface area contributed by atoms with Crippen molar-refractivity contribution in [1.82, 2.24) is 4.57 Å². The molecule has 5 rings (SSSR count). The second kappa shape index (κ2) is 12.7. The van der Waals surface area contributed by atoms with Crippen LogP contribution < -0.4 is 23.8 Å². The highest BCUT2D eigenvalue weighted by Crippen LogP contribution is 2.33. The maximum atomic E-state index is 14.0. The number of thiazole rings is 1. The minimum absolute atomic E-state index is 0.109. The molecule has 3 aromatic carbocycles. The fraction of sp³-hybridized carbons (Fsp3) is 0.167. The molecule has 0 bridgehead atoms. The predicted octanol–water partition coefficient (Wildman–Crippen LogP) is 4.14. The monoisotopic (exact) mass is 669 g/mol. The fourth-order valence-corrected chi connectivity index (χ4v) is 7.06. The van der Waals surface area contributed by atoms with E-state index in [4.69, 9.17) is 25.3 Å². The quantitative estimate of drug-likeness (QED) is 0.111. The van der Waals surface area contributed by atoms with Crippen LogP contribution in [0.4, 0.5) is 5.69 Å². The zero-order valence-electron chi connectivity index (χ0n) is 23.9. The molecule has 0 fully saturated rings. The number of hydrogen-bond acceptors (Lipinski definition) is 11. The van der Waals surface area contributed by atoms with Gasteiger partial charge in [0, 0.05) is 16.7 Å². The maximum Gasteiger partial charge on any atom is 0.346 e. The maximum absolute atomic E-state index is 14.0. The number of fused-ring (bicyclic) bond motifs is 1. The van der Waals surface area contributed by atoms with Crippen molar-refractivity contribution in [3.05, 3.63) is 124 Å². The lowest BCUT2D eigenvalue weighted by atomic mass is 9.96. The molecule has 1 aromatic heterocycles. The summed E-state index contributed by atoms with van der Waals surface area (Å²) in [6.07, 6.45) is 1.38. The molecule has 0 aliphatic carbocycles. The number of allylic oxidation sites excluding steroid dienone is 1. The number of aromatic nitrogens is 1. The van der Waals surface area contributed by atoms with Crippen LogP contribution in [0.25, 0.3) is 6.08 Å². The van der Waals surface area contributed by atoms with E-state index in [0.29, 0.717) is 17.0 Å². The largest absolute Gasteiger partial charge is 0.497 e. The first kappa shape index (κ1) is 31.6. The van der Waals surface area contributed by atoms with Crippen molar-refractivity contribution in [2.45, 2.75) is 24.8 Å². The molecule has 12 nitrogen and oxygen atoms in total. The van der Waals surface area contributed by atoms with E-state index >= 15 is 0 Å². The molecule has 0 N–H and O–H groups in total. The van der Waals surface area contributed by atoms with Gasteiger partial charge in [-0.3, -0.25) is 19.5 Å². The van der Waals surface area contributed by atoms with E-state index in [2.05, 4.69) is 4.99 Å². The fourth-order valence-electron chi connectivity index (χ4n) is 4.72. The number of nitrogens with zero attached hydrogens (tertiary/aromatic N) is 3. The van der Waals surface area contributed by atoms with E-state index in [9.17, 15) is 28.1 Å². The molecule has 15 heteroatoms. The van der Waals surface area contributed by atoms with Gasteiger partial charge in [0.1, 0.15) is 11.5 Å². The third-order valence-electron chi connectivity index (χ3n) is 6.74. The Morgan fingerprint density at radius 2 is 1.87 bits per heavy atom. The summed E-state index contributed by atoms with van der Waals surface area (Å²) < 4.78 is 43.8. The number of halogens is 1. The summed E-state index contributed by atoms with van der Waals surface area (Å²) in [6, 6.07) is 14.8. The first-order valence-corrected chi connectivity index (χ1v) is 15.9. The average molecular weight is 670 g/mol. The molecular formula is C30H24ClN3O9S2.